The van der Waals surface area contributed by atoms with Crippen molar-refractivity contribution in [2.75, 3.05) is 24.6 Å². The van der Waals surface area contributed by atoms with E-state index >= 15 is 0 Å². The Morgan fingerprint density at radius 1 is 0.919 bits per heavy atom. The molecule has 8 atom stereocenters. The van der Waals surface area contributed by atoms with Crippen molar-refractivity contribution >= 4 is 17.9 Å². The van der Waals surface area contributed by atoms with Gasteiger partial charge in [0.2, 0.25) is 0 Å². The summed E-state index contributed by atoms with van der Waals surface area (Å²) in [7, 11) is 0. The molecule has 5 fully saturated rings. The second-order valence-corrected chi connectivity index (χ2v) is 14.9. The van der Waals surface area contributed by atoms with Crippen molar-refractivity contribution in [1.82, 2.24) is 4.98 Å². The van der Waals surface area contributed by atoms with E-state index in [0.29, 0.717) is 10.8 Å². The average molecular weight is 525 g/mol. The second kappa shape index (κ2) is 11.0. The van der Waals surface area contributed by atoms with Gasteiger partial charge in [-0.25, -0.2) is 4.98 Å². The molecule has 1 aromatic heterocycles. The number of rotatable bonds is 7. The van der Waals surface area contributed by atoms with Crippen LogP contribution in [0.4, 0.5) is 5.82 Å². The molecule has 0 spiro atoms. The Bertz CT molecular complexity index is 900. The smallest absolute Gasteiger partial charge is 0.128 e. The zero-order valence-corrected chi connectivity index (χ0v) is 24.7. The topological polar surface area (TPSA) is 25.4 Å². The van der Waals surface area contributed by atoms with Crippen molar-refractivity contribution in [2.45, 2.75) is 116 Å². The summed E-state index contributed by atoms with van der Waals surface area (Å²) in [6.45, 7) is 11.1. The minimum Gasteiger partial charge on any atom is -0.357 e. The van der Waals surface area contributed by atoms with Gasteiger partial charge in [0.15, 0.2) is 0 Å². The maximum Gasteiger partial charge on any atom is 0.128 e. The predicted octanol–water partition coefficient (Wildman–Crippen LogP) is 9.17. The normalized spacial score (nSPS) is 41.6. The summed E-state index contributed by atoms with van der Waals surface area (Å²) in [6, 6.07) is 4.38. The molecule has 1 aliphatic heterocycles. The van der Waals surface area contributed by atoms with Gasteiger partial charge >= 0.3 is 0 Å². The Balaban J connectivity index is 1.04. The van der Waals surface area contributed by atoms with Gasteiger partial charge in [-0.05, 0) is 129 Å². The quantitative estimate of drug-likeness (QED) is 0.262. The van der Waals surface area contributed by atoms with Gasteiger partial charge in [0.25, 0.3) is 0 Å². The maximum absolute atomic E-state index is 6.18. The molecule has 37 heavy (non-hydrogen) atoms. The van der Waals surface area contributed by atoms with Gasteiger partial charge in [0.05, 0.1) is 11.5 Å². The lowest BCUT2D eigenvalue weighted by Crippen LogP contribution is -2.55. The Labute approximate surface area is 231 Å². The number of nitrogens with zero attached hydrogens (tertiary/aromatic N) is 2. The molecule has 4 saturated carbocycles. The minimum absolute atomic E-state index is 0.545. The molecule has 6 unspecified atom stereocenters. The summed E-state index contributed by atoms with van der Waals surface area (Å²) in [4.78, 5) is 8.30. The lowest BCUT2D eigenvalue weighted by molar-refractivity contribution is -0.136. The molecular weight excluding hydrogens is 472 g/mol. The molecular formula is C33H52N2OS. The SMILES string of the molecule is CC[C@H]1CC2C3CCC(CCOSc4ccc(N5CCCCC5)nc4)C3(C)CC[C@@H]2C2(C)CCCCC12. The van der Waals surface area contributed by atoms with Gasteiger partial charge in [-0.15, -0.1) is 0 Å². The average Bonchev–Trinajstić information content (AvgIpc) is 3.27. The molecule has 2 heterocycles. The molecule has 4 heteroatoms. The summed E-state index contributed by atoms with van der Waals surface area (Å²) >= 11 is 1.54. The van der Waals surface area contributed by atoms with E-state index in [1.165, 1.54) is 95.5 Å². The van der Waals surface area contributed by atoms with Crippen LogP contribution in [0.2, 0.25) is 0 Å². The molecule has 3 nitrogen and oxygen atoms in total. The first-order valence-electron chi connectivity index (χ1n) is 16.0. The van der Waals surface area contributed by atoms with Gasteiger partial charge < -0.3 is 9.08 Å². The van der Waals surface area contributed by atoms with Crippen LogP contribution in [0.5, 0.6) is 0 Å². The Kier molecular flexibility index (Phi) is 7.89. The maximum atomic E-state index is 6.18. The van der Waals surface area contributed by atoms with Crippen molar-refractivity contribution in [2.24, 2.45) is 46.3 Å². The molecule has 0 N–H and O–H groups in total. The summed E-state index contributed by atoms with van der Waals surface area (Å²) in [5, 5.41) is 0. The van der Waals surface area contributed by atoms with Crippen molar-refractivity contribution in [3.8, 4) is 0 Å². The highest BCUT2D eigenvalue weighted by molar-refractivity contribution is 7.94. The number of pyridine rings is 1. The van der Waals surface area contributed by atoms with E-state index in [1.54, 1.807) is 6.42 Å². The standard InChI is InChI=1S/C33H52N2OS/c1-4-24-22-27-29-13-11-25(32(29,2)18-15-30(27)33(3)17-7-6-10-28(24)33)16-21-36-37-26-12-14-31(34-23-26)35-19-8-5-9-20-35/h12,14,23-25,27-30H,4-11,13,15-22H2,1-3H3/t24-,25?,27?,28?,29?,30-,32?,33?/m0/s1. The molecule has 0 bridgehead atoms. The third kappa shape index (κ3) is 4.90. The molecule has 0 aromatic carbocycles. The Hall–Kier alpha value is -0.740. The highest BCUT2D eigenvalue weighted by atomic mass is 32.2. The van der Waals surface area contributed by atoms with Gasteiger partial charge in [0.1, 0.15) is 5.82 Å². The molecule has 1 saturated heterocycles. The van der Waals surface area contributed by atoms with Crippen LogP contribution in [0.15, 0.2) is 23.2 Å². The third-order valence-electron chi connectivity index (χ3n) is 12.6. The molecule has 6 rings (SSSR count). The van der Waals surface area contributed by atoms with Gasteiger partial charge in [0, 0.05) is 31.3 Å². The van der Waals surface area contributed by atoms with Gasteiger partial charge in [-0.3, -0.25) is 0 Å². The molecule has 0 radical (unpaired) electrons. The largest absolute Gasteiger partial charge is 0.357 e. The third-order valence-corrected chi connectivity index (χ3v) is 13.3. The first-order valence-corrected chi connectivity index (χ1v) is 16.8. The lowest BCUT2D eigenvalue weighted by atomic mass is 9.42. The van der Waals surface area contributed by atoms with E-state index in [4.69, 9.17) is 9.17 Å². The van der Waals surface area contributed by atoms with Crippen LogP contribution < -0.4 is 4.90 Å². The number of piperidine rings is 1. The van der Waals surface area contributed by atoms with E-state index in [0.717, 1.165) is 65.9 Å². The Morgan fingerprint density at radius 2 is 1.76 bits per heavy atom. The van der Waals surface area contributed by atoms with E-state index in [9.17, 15) is 0 Å². The number of hydrogen-bond acceptors (Lipinski definition) is 4. The van der Waals surface area contributed by atoms with E-state index in [2.05, 4.69) is 37.8 Å². The fourth-order valence-electron chi connectivity index (χ4n) is 10.6. The number of aromatic nitrogens is 1. The lowest BCUT2D eigenvalue weighted by Gasteiger charge is -2.62. The van der Waals surface area contributed by atoms with Crippen LogP contribution in [-0.2, 0) is 4.18 Å². The van der Waals surface area contributed by atoms with Crippen LogP contribution in [0.3, 0.4) is 0 Å². The van der Waals surface area contributed by atoms with E-state index < -0.39 is 0 Å². The van der Waals surface area contributed by atoms with Crippen molar-refractivity contribution in [3.63, 3.8) is 0 Å². The molecule has 1 aromatic rings. The van der Waals surface area contributed by atoms with Gasteiger partial charge in [-0.1, -0.05) is 40.0 Å². The number of anilines is 1. The van der Waals surface area contributed by atoms with Crippen LogP contribution in [-0.4, -0.2) is 24.7 Å². The van der Waals surface area contributed by atoms with Crippen molar-refractivity contribution in [1.29, 1.82) is 0 Å². The fourth-order valence-corrected chi connectivity index (χ4v) is 11.2. The number of fused-ring (bicyclic) bond motifs is 5. The van der Waals surface area contributed by atoms with Crippen molar-refractivity contribution in [3.05, 3.63) is 18.3 Å². The summed E-state index contributed by atoms with van der Waals surface area (Å²) in [5.41, 5.74) is 1.18. The Morgan fingerprint density at radius 3 is 2.54 bits per heavy atom. The summed E-state index contributed by atoms with van der Waals surface area (Å²) < 4.78 is 6.18. The molecule has 0 amide bonds. The van der Waals surface area contributed by atoms with Crippen LogP contribution in [0, 0.1) is 46.3 Å². The second-order valence-electron chi connectivity index (χ2n) is 14.1. The first kappa shape index (κ1) is 26.5. The summed E-state index contributed by atoms with van der Waals surface area (Å²) in [6.07, 6.45) is 22.0. The van der Waals surface area contributed by atoms with Crippen molar-refractivity contribution < 1.29 is 4.18 Å². The van der Waals surface area contributed by atoms with Crippen LogP contribution in [0.1, 0.15) is 111 Å². The summed E-state index contributed by atoms with van der Waals surface area (Å²) in [5.74, 6) is 6.94. The van der Waals surface area contributed by atoms with Gasteiger partial charge in [-0.2, -0.15) is 0 Å². The van der Waals surface area contributed by atoms with Crippen LogP contribution >= 0.6 is 12.0 Å². The monoisotopic (exact) mass is 524 g/mol. The zero-order chi connectivity index (χ0) is 25.5. The van der Waals surface area contributed by atoms with Crippen LogP contribution in [0.25, 0.3) is 0 Å². The highest BCUT2D eigenvalue weighted by Gasteiger charge is 2.60. The molecule has 4 aliphatic carbocycles. The first-order chi connectivity index (χ1) is 18.0. The highest BCUT2D eigenvalue weighted by Crippen LogP contribution is 2.69. The molecule has 5 aliphatic rings. The van der Waals surface area contributed by atoms with E-state index in [-0.39, 0.29) is 0 Å². The predicted molar refractivity (Wildman–Crippen MR) is 156 cm³/mol. The molecule has 206 valence electrons. The fraction of sp³-hybridized carbons (Fsp3) is 0.848. The zero-order valence-electron chi connectivity index (χ0n) is 23.9. The van der Waals surface area contributed by atoms with E-state index in [1.807, 2.05) is 6.20 Å². The minimum atomic E-state index is 0.545. The number of hydrogen-bond donors (Lipinski definition) is 0.